The second-order valence-electron chi connectivity index (χ2n) is 3.30. The predicted octanol–water partition coefficient (Wildman–Crippen LogP) is 2.27. The van der Waals surface area contributed by atoms with E-state index in [0.717, 1.165) is 28.3 Å². The summed E-state index contributed by atoms with van der Waals surface area (Å²) in [6.07, 6.45) is 4.43. The number of hydrogen-bond acceptors (Lipinski definition) is 2. The topological polar surface area (TPSA) is 62.3 Å². The van der Waals surface area contributed by atoms with Crippen molar-refractivity contribution in [1.82, 2.24) is 4.98 Å². The number of carboxylic acids is 1. The van der Waals surface area contributed by atoms with Crippen LogP contribution in [0.25, 0.3) is 17.0 Å². The first kappa shape index (κ1) is 10.3. The molecule has 0 aliphatic heterocycles. The number of aromatic amines is 1. The van der Waals surface area contributed by atoms with Gasteiger partial charge in [-0.2, -0.15) is 0 Å². The maximum Gasteiger partial charge on any atom is 0.328 e. The molecular formula is C12H11NO3. The van der Waals surface area contributed by atoms with Gasteiger partial charge in [0.25, 0.3) is 0 Å². The normalized spacial score (nSPS) is 11.1. The fourth-order valence-corrected chi connectivity index (χ4v) is 1.62. The average molecular weight is 217 g/mol. The highest BCUT2D eigenvalue weighted by Gasteiger charge is 2.05. The highest BCUT2D eigenvalue weighted by Crippen LogP contribution is 2.27. The van der Waals surface area contributed by atoms with Crippen molar-refractivity contribution in [2.75, 3.05) is 7.11 Å². The van der Waals surface area contributed by atoms with Crippen molar-refractivity contribution in [3.05, 3.63) is 36.0 Å². The molecule has 1 aromatic heterocycles. The summed E-state index contributed by atoms with van der Waals surface area (Å²) in [6, 6.07) is 5.63. The molecule has 0 atom stereocenters. The number of H-pyrrole nitrogens is 1. The highest BCUT2D eigenvalue weighted by molar-refractivity contribution is 5.95. The van der Waals surface area contributed by atoms with Gasteiger partial charge >= 0.3 is 5.97 Å². The van der Waals surface area contributed by atoms with Crippen LogP contribution in [0.15, 0.2) is 30.5 Å². The van der Waals surface area contributed by atoms with Crippen molar-refractivity contribution in [1.29, 1.82) is 0 Å². The summed E-state index contributed by atoms with van der Waals surface area (Å²) in [5, 5.41) is 9.50. The van der Waals surface area contributed by atoms with E-state index in [9.17, 15) is 4.79 Å². The number of aliphatic carboxylic acids is 1. The van der Waals surface area contributed by atoms with Crippen molar-refractivity contribution in [2.45, 2.75) is 0 Å². The lowest BCUT2D eigenvalue weighted by Gasteiger charge is -2.00. The van der Waals surface area contributed by atoms with E-state index in [1.54, 1.807) is 19.4 Å². The minimum Gasteiger partial charge on any atom is -0.495 e. The number of aromatic nitrogens is 1. The lowest BCUT2D eigenvalue weighted by Crippen LogP contribution is -1.85. The molecule has 0 saturated carbocycles. The molecule has 2 N–H and O–H groups in total. The smallest absolute Gasteiger partial charge is 0.328 e. The fourth-order valence-electron chi connectivity index (χ4n) is 1.62. The number of carboxylic acid groups (broad SMARTS) is 1. The molecule has 0 amide bonds. The second-order valence-corrected chi connectivity index (χ2v) is 3.30. The average Bonchev–Trinajstić information content (AvgIpc) is 2.69. The fraction of sp³-hybridized carbons (Fsp3) is 0.0833. The van der Waals surface area contributed by atoms with Crippen LogP contribution >= 0.6 is 0 Å². The van der Waals surface area contributed by atoms with Gasteiger partial charge < -0.3 is 14.8 Å². The van der Waals surface area contributed by atoms with E-state index >= 15 is 0 Å². The van der Waals surface area contributed by atoms with Gasteiger partial charge in [0.2, 0.25) is 0 Å². The van der Waals surface area contributed by atoms with E-state index < -0.39 is 5.97 Å². The first-order chi connectivity index (χ1) is 7.72. The Morgan fingerprint density at radius 2 is 2.31 bits per heavy atom. The quantitative estimate of drug-likeness (QED) is 0.775. The molecule has 0 spiro atoms. The third-order valence-corrected chi connectivity index (χ3v) is 2.33. The molecule has 0 radical (unpaired) electrons. The van der Waals surface area contributed by atoms with Crippen LogP contribution in [-0.2, 0) is 4.79 Å². The number of fused-ring (bicyclic) bond motifs is 1. The zero-order chi connectivity index (χ0) is 11.5. The molecule has 2 aromatic rings. The molecule has 0 saturated heterocycles. The van der Waals surface area contributed by atoms with E-state index in [-0.39, 0.29) is 0 Å². The van der Waals surface area contributed by atoms with Crippen molar-refractivity contribution in [2.24, 2.45) is 0 Å². The van der Waals surface area contributed by atoms with Crippen LogP contribution < -0.4 is 4.74 Å². The summed E-state index contributed by atoms with van der Waals surface area (Å²) in [7, 11) is 1.60. The first-order valence-electron chi connectivity index (χ1n) is 4.77. The number of methoxy groups -OCH3 is 1. The summed E-state index contributed by atoms with van der Waals surface area (Å²) in [6.45, 7) is 0. The van der Waals surface area contributed by atoms with Crippen molar-refractivity contribution in [3.8, 4) is 5.75 Å². The third kappa shape index (κ3) is 1.77. The Kier molecular flexibility index (Phi) is 2.64. The van der Waals surface area contributed by atoms with E-state index in [2.05, 4.69) is 4.98 Å². The molecule has 0 aliphatic carbocycles. The highest BCUT2D eigenvalue weighted by atomic mass is 16.5. The molecule has 0 fully saturated rings. The lowest BCUT2D eigenvalue weighted by atomic mass is 10.1. The Hall–Kier alpha value is -2.23. The molecule has 0 aliphatic rings. The zero-order valence-corrected chi connectivity index (χ0v) is 8.73. The van der Waals surface area contributed by atoms with Crippen LogP contribution in [0.3, 0.4) is 0 Å². The summed E-state index contributed by atoms with van der Waals surface area (Å²) in [5.41, 5.74) is 1.70. The van der Waals surface area contributed by atoms with E-state index in [4.69, 9.17) is 9.84 Å². The minimum atomic E-state index is -0.961. The predicted molar refractivity (Wildman–Crippen MR) is 61.5 cm³/mol. The number of hydrogen-bond donors (Lipinski definition) is 2. The monoisotopic (exact) mass is 217 g/mol. The van der Waals surface area contributed by atoms with Gasteiger partial charge in [0.1, 0.15) is 5.75 Å². The standard InChI is InChI=1S/C12H11NO3/c1-16-10-4-2-3-9-8(5-6-11(14)15)7-13-12(9)10/h2-7,13H,1H3,(H,14,15). The first-order valence-corrected chi connectivity index (χ1v) is 4.77. The summed E-state index contributed by atoms with van der Waals surface area (Å²) >= 11 is 0. The van der Waals surface area contributed by atoms with E-state index in [0.29, 0.717) is 0 Å². The number of benzene rings is 1. The Morgan fingerprint density at radius 1 is 1.50 bits per heavy atom. The lowest BCUT2D eigenvalue weighted by molar-refractivity contribution is -0.131. The summed E-state index contributed by atoms with van der Waals surface area (Å²) in [4.78, 5) is 13.5. The van der Waals surface area contributed by atoms with Crippen LogP contribution in [0, 0.1) is 0 Å². The Balaban J connectivity index is 2.53. The number of ether oxygens (including phenoxy) is 1. The molecule has 1 heterocycles. The number of carbonyl (C=O) groups is 1. The van der Waals surface area contributed by atoms with E-state index in [1.807, 2.05) is 18.2 Å². The van der Waals surface area contributed by atoms with Crippen molar-refractivity contribution in [3.63, 3.8) is 0 Å². The van der Waals surface area contributed by atoms with Crippen LogP contribution in [0.5, 0.6) is 5.75 Å². The zero-order valence-electron chi connectivity index (χ0n) is 8.73. The van der Waals surface area contributed by atoms with Crippen molar-refractivity contribution >= 4 is 22.9 Å². The van der Waals surface area contributed by atoms with Crippen molar-refractivity contribution < 1.29 is 14.6 Å². The van der Waals surface area contributed by atoms with Crippen LogP contribution in [-0.4, -0.2) is 23.2 Å². The molecular weight excluding hydrogens is 206 g/mol. The van der Waals surface area contributed by atoms with Gasteiger partial charge in [-0.15, -0.1) is 0 Å². The molecule has 4 heteroatoms. The molecule has 2 rings (SSSR count). The number of para-hydroxylation sites is 1. The van der Waals surface area contributed by atoms with Crippen LogP contribution in [0.1, 0.15) is 5.56 Å². The van der Waals surface area contributed by atoms with Crippen LogP contribution in [0.2, 0.25) is 0 Å². The van der Waals surface area contributed by atoms with Gasteiger partial charge in [0, 0.05) is 23.2 Å². The summed E-state index contributed by atoms with van der Waals surface area (Å²) < 4.78 is 5.19. The Labute approximate surface area is 92.2 Å². The van der Waals surface area contributed by atoms with Gasteiger partial charge in [0.05, 0.1) is 12.6 Å². The Bertz CT molecular complexity index is 554. The van der Waals surface area contributed by atoms with E-state index in [1.165, 1.54) is 0 Å². The third-order valence-electron chi connectivity index (χ3n) is 2.33. The molecule has 1 aromatic carbocycles. The molecule has 16 heavy (non-hydrogen) atoms. The minimum absolute atomic E-state index is 0.743. The van der Waals surface area contributed by atoms with Gasteiger partial charge in [-0.3, -0.25) is 0 Å². The molecule has 82 valence electrons. The van der Waals surface area contributed by atoms with Gasteiger partial charge in [0.15, 0.2) is 0 Å². The molecule has 0 unspecified atom stereocenters. The largest absolute Gasteiger partial charge is 0.495 e. The maximum absolute atomic E-state index is 10.4. The van der Waals surface area contributed by atoms with Crippen LogP contribution in [0.4, 0.5) is 0 Å². The molecule has 4 nitrogen and oxygen atoms in total. The Morgan fingerprint density at radius 3 is 3.00 bits per heavy atom. The van der Waals surface area contributed by atoms with Gasteiger partial charge in [-0.05, 0) is 12.1 Å². The SMILES string of the molecule is COc1cccc2c(C=CC(=O)O)c[nH]c12. The molecule has 0 bridgehead atoms. The summed E-state index contributed by atoms with van der Waals surface area (Å²) in [5.74, 6) is -0.218. The number of rotatable bonds is 3. The second kappa shape index (κ2) is 4.10. The maximum atomic E-state index is 10.4. The van der Waals surface area contributed by atoms with Gasteiger partial charge in [-0.1, -0.05) is 12.1 Å². The van der Waals surface area contributed by atoms with Gasteiger partial charge in [-0.25, -0.2) is 4.79 Å². The number of nitrogens with one attached hydrogen (secondary N) is 1.